The van der Waals surface area contributed by atoms with Crippen LogP contribution < -0.4 is 10.1 Å². The number of aryl methyl sites for hydroxylation is 1. The molecule has 2 aromatic carbocycles. The third kappa shape index (κ3) is 3.27. The summed E-state index contributed by atoms with van der Waals surface area (Å²) in [6.07, 6.45) is 0. The highest BCUT2D eigenvalue weighted by molar-refractivity contribution is 5.93. The predicted octanol–water partition coefficient (Wildman–Crippen LogP) is 4.07. The Balaban J connectivity index is 1.91. The molecule has 6 heteroatoms. The topological polar surface area (TPSA) is 77.3 Å². The largest absolute Gasteiger partial charge is 0.497 e. The summed E-state index contributed by atoms with van der Waals surface area (Å²) in [7, 11) is 1.63. The summed E-state index contributed by atoms with van der Waals surface area (Å²) in [6, 6.07) is 14.4. The molecule has 0 atom stereocenters. The Hall–Kier alpha value is -3.15. The van der Waals surface area contributed by atoms with Crippen molar-refractivity contribution in [2.75, 3.05) is 12.4 Å². The van der Waals surface area contributed by atoms with Gasteiger partial charge in [0.05, 0.1) is 17.5 Å². The first-order chi connectivity index (χ1) is 11.6. The Morgan fingerprint density at radius 2 is 1.92 bits per heavy atom. The zero-order valence-corrected chi connectivity index (χ0v) is 13.4. The number of nitrogens with zero attached hydrogens (tertiary/aromatic N) is 2. The van der Waals surface area contributed by atoms with Gasteiger partial charge in [-0.15, -0.1) is 0 Å². The number of ether oxygens (including phenoxy) is 1. The molecule has 1 heterocycles. The molecule has 1 N–H and O–H groups in total. The normalized spacial score (nSPS) is 10.6. The molecule has 0 bridgehead atoms. The van der Waals surface area contributed by atoms with Crippen molar-refractivity contribution in [2.45, 2.75) is 13.5 Å². The van der Waals surface area contributed by atoms with Crippen LogP contribution in [0, 0.1) is 17.0 Å². The van der Waals surface area contributed by atoms with E-state index in [4.69, 9.17) is 4.74 Å². The van der Waals surface area contributed by atoms with E-state index in [0.717, 1.165) is 33.6 Å². The second kappa shape index (κ2) is 6.54. The molecule has 0 aliphatic carbocycles. The molecule has 0 unspecified atom stereocenters. The van der Waals surface area contributed by atoms with Crippen LogP contribution in [0.1, 0.15) is 11.3 Å². The van der Waals surface area contributed by atoms with Crippen molar-refractivity contribution < 1.29 is 9.66 Å². The first kappa shape index (κ1) is 15.7. The molecule has 24 heavy (non-hydrogen) atoms. The molecule has 0 aliphatic rings. The van der Waals surface area contributed by atoms with Gasteiger partial charge >= 0.3 is 0 Å². The molecule has 0 radical (unpaired) electrons. The lowest BCUT2D eigenvalue weighted by Crippen LogP contribution is -2.02. The van der Waals surface area contributed by atoms with Gasteiger partial charge < -0.3 is 10.1 Å². The SMILES string of the molecule is COc1ccc(CNc2cc(C)nc3ccc([N+](=O)[O-])cc23)cc1. The maximum Gasteiger partial charge on any atom is 0.270 e. The van der Waals surface area contributed by atoms with Gasteiger partial charge in [0.1, 0.15) is 5.75 Å². The Morgan fingerprint density at radius 3 is 2.58 bits per heavy atom. The lowest BCUT2D eigenvalue weighted by Gasteiger charge is -2.11. The van der Waals surface area contributed by atoms with Crippen LogP contribution in [-0.2, 0) is 6.54 Å². The van der Waals surface area contributed by atoms with Crippen LogP contribution >= 0.6 is 0 Å². The van der Waals surface area contributed by atoms with Gasteiger partial charge in [0.25, 0.3) is 5.69 Å². The maximum atomic E-state index is 11.0. The van der Waals surface area contributed by atoms with Crippen LogP contribution in [0.15, 0.2) is 48.5 Å². The number of benzene rings is 2. The molecule has 122 valence electrons. The van der Waals surface area contributed by atoms with Gasteiger partial charge in [0.15, 0.2) is 0 Å². The minimum atomic E-state index is -0.396. The first-order valence-electron chi connectivity index (χ1n) is 7.49. The van der Waals surface area contributed by atoms with Crippen LogP contribution in [0.25, 0.3) is 10.9 Å². The van der Waals surface area contributed by atoms with Crippen LogP contribution in [0.2, 0.25) is 0 Å². The molecular formula is C18H17N3O3. The van der Waals surface area contributed by atoms with Gasteiger partial charge in [-0.05, 0) is 36.8 Å². The fourth-order valence-corrected chi connectivity index (χ4v) is 2.55. The van der Waals surface area contributed by atoms with E-state index in [1.54, 1.807) is 19.2 Å². The van der Waals surface area contributed by atoms with E-state index >= 15 is 0 Å². The first-order valence-corrected chi connectivity index (χ1v) is 7.49. The van der Waals surface area contributed by atoms with Crippen molar-refractivity contribution in [3.05, 3.63) is 69.9 Å². The number of non-ortho nitro benzene ring substituents is 1. The van der Waals surface area contributed by atoms with E-state index in [9.17, 15) is 10.1 Å². The van der Waals surface area contributed by atoms with E-state index in [1.165, 1.54) is 6.07 Å². The number of nitrogens with one attached hydrogen (secondary N) is 1. The van der Waals surface area contributed by atoms with Gasteiger partial charge in [-0.1, -0.05) is 12.1 Å². The second-order valence-electron chi connectivity index (χ2n) is 5.47. The van der Waals surface area contributed by atoms with Gasteiger partial charge in [0.2, 0.25) is 0 Å². The number of fused-ring (bicyclic) bond motifs is 1. The minimum Gasteiger partial charge on any atom is -0.497 e. The third-order valence-corrected chi connectivity index (χ3v) is 3.77. The number of nitro benzene ring substituents is 1. The number of hydrogen-bond donors (Lipinski definition) is 1. The molecule has 0 amide bonds. The summed E-state index contributed by atoms with van der Waals surface area (Å²) < 4.78 is 5.15. The summed E-state index contributed by atoms with van der Waals surface area (Å²) in [5, 5.41) is 15.1. The number of nitro groups is 1. The maximum absolute atomic E-state index is 11.0. The number of pyridine rings is 1. The van der Waals surface area contributed by atoms with Crippen LogP contribution in [-0.4, -0.2) is 17.0 Å². The van der Waals surface area contributed by atoms with E-state index in [0.29, 0.717) is 6.54 Å². The van der Waals surface area contributed by atoms with Crippen LogP contribution in [0.5, 0.6) is 5.75 Å². The fraction of sp³-hybridized carbons (Fsp3) is 0.167. The molecule has 1 aromatic heterocycles. The summed E-state index contributed by atoms with van der Waals surface area (Å²) in [5.41, 5.74) is 3.56. The van der Waals surface area contributed by atoms with Gasteiger partial charge in [0, 0.05) is 35.4 Å². The average molecular weight is 323 g/mol. The summed E-state index contributed by atoms with van der Waals surface area (Å²) in [4.78, 5) is 15.1. The Morgan fingerprint density at radius 1 is 1.17 bits per heavy atom. The molecule has 0 aliphatic heterocycles. The highest BCUT2D eigenvalue weighted by Gasteiger charge is 2.10. The molecule has 0 saturated heterocycles. The van der Waals surface area contributed by atoms with E-state index in [1.807, 2.05) is 37.3 Å². The molecular weight excluding hydrogens is 306 g/mol. The van der Waals surface area contributed by atoms with Crippen molar-refractivity contribution in [3.8, 4) is 5.75 Å². The van der Waals surface area contributed by atoms with Crippen LogP contribution in [0.3, 0.4) is 0 Å². The number of aromatic nitrogens is 1. The Labute approximate surface area is 139 Å². The average Bonchev–Trinajstić information content (AvgIpc) is 2.59. The van der Waals surface area contributed by atoms with E-state index in [2.05, 4.69) is 10.3 Å². The molecule has 0 fully saturated rings. The van der Waals surface area contributed by atoms with Crippen LogP contribution in [0.4, 0.5) is 11.4 Å². The lowest BCUT2D eigenvalue weighted by atomic mass is 10.1. The highest BCUT2D eigenvalue weighted by atomic mass is 16.6. The summed E-state index contributed by atoms with van der Waals surface area (Å²) in [6.45, 7) is 2.50. The number of rotatable bonds is 5. The lowest BCUT2D eigenvalue weighted by molar-refractivity contribution is -0.384. The minimum absolute atomic E-state index is 0.0562. The molecule has 6 nitrogen and oxygen atoms in total. The quantitative estimate of drug-likeness (QED) is 0.565. The zero-order valence-electron chi connectivity index (χ0n) is 13.4. The number of anilines is 1. The fourth-order valence-electron chi connectivity index (χ4n) is 2.55. The summed E-state index contributed by atoms with van der Waals surface area (Å²) >= 11 is 0. The van der Waals surface area contributed by atoms with E-state index < -0.39 is 4.92 Å². The highest BCUT2D eigenvalue weighted by Crippen LogP contribution is 2.27. The van der Waals surface area contributed by atoms with E-state index in [-0.39, 0.29) is 5.69 Å². The van der Waals surface area contributed by atoms with Crippen molar-refractivity contribution in [3.63, 3.8) is 0 Å². The molecule has 0 saturated carbocycles. The molecule has 3 aromatic rings. The smallest absolute Gasteiger partial charge is 0.270 e. The monoisotopic (exact) mass is 323 g/mol. The van der Waals surface area contributed by atoms with Crippen molar-refractivity contribution in [2.24, 2.45) is 0 Å². The van der Waals surface area contributed by atoms with Gasteiger partial charge in [-0.2, -0.15) is 0 Å². The molecule has 3 rings (SSSR count). The Bertz CT molecular complexity index is 892. The zero-order chi connectivity index (χ0) is 17.1. The summed E-state index contributed by atoms with van der Waals surface area (Å²) in [5.74, 6) is 0.805. The Kier molecular flexibility index (Phi) is 4.29. The standard InChI is InChI=1S/C18H17N3O3/c1-12-9-18(19-11-13-3-6-15(24-2)7-4-13)16-10-14(21(22)23)5-8-17(16)20-12/h3-10H,11H2,1-2H3,(H,19,20). The number of methoxy groups -OCH3 is 1. The predicted molar refractivity (Wildman–Crippen MR) is 93.5 cm³/mol. The van der Waals surface area contributed by atoms with Gasteiger partial charge in [-0.3, -0.25) is 15.1 Å². The third-order valence-electron chi connectivity index (χ3n) is 3.77. The van der Waals surface area contributed by atoms with Crippen molar-refractivity contribution in [1.29, 1.82) is 0 Å². The van der Waals surface area contributed by atoms with Crippen molar-refractivity contribution >= 4 is 22.3 Å². The number of hydrogen-bond acceptors (Lipinski definition) is 5. The van der Waals surface area contributed by atoms with Crippen molar-refractivity contribution in [1.82, 2.24) is 4.98 Å². The van der Waals surface area contributed by atoms with Gasteiger partial charge in [-0.25, -0.2) is 0 Å². The molecule has 0 spiro atoms. The second-order valence-corrected chi connectivity index (χ2v) is 5.47.